The molecule has 1 nitrogen and oxygen atoms in total. The van der Waals surface area contributed by atoms with E-state index in [1.54, 1.807) is 0 Å². The molecule has 94 valence electrons. The van der Waals surface area contributed by atoms with Crippen molar-refractivity contribution < 1.29 is 4.79 Å². The molecule has 0 aliphatic carbocycles. The van der Waals surface area contributed by atoms with Gasteiger partial charge in [0.05, 0.1) is 0 Å². The highest BCUT2D eigenvalue weighted by Gasteiger charge is 2.36. The Morgan fingerprint density at radius 3 is 1.82 bits per heavy atom. The molecule has 0 unspecified atom stereocenters. The normalized spacial score (nSPS) is 12.9. The molecule has 0 N–H and O–H groups in total. The molecule has 1 aromatic rings. The molecule has 0 bridgehead atoms. The van der Waals surface area contributed by atoms with Gasteiger partial charge < -0.3 is 0 Å². The third-order valence-electron chi connectivity index (χ3n) is 2.65. The summed E-state index contributed by atoms with van der Waals surface area (Å²) >= 11 is 0. The van der Waals surface area contributed by atoms with Crippen LogP contribution in [0.1, 0.15) is 51.9 Å². The zero-order chi connectivity index (χ0) is 13.3. The molecule has 0 radical (unpaired) electrons. The van der Waals surface area contributed by atoms with Crippen molar-refractivity contribution >= 4 is 19.5 Å². The molecule has 0 aliphatic rings. The largest absolute Gasteiger partial charge is 0.298 e. The lowest BCUT2D eigenvalue weighted by atomic mass is 10.2. The van der Waals surface area contributed by atoms with Crippen molar-refractivity contribution in [2.75, 3.05) is 0 Å². The van der Waals surface area contributed by atoms with E-state index in [-0.39, 0.29) is 10.3 Å². The van der Waals surface area contributed by atoms with E-state index < -0.39 is 7.92 Å². The van der Waals surface area contributed by atoms with Crippen LogP contribution < -0.4 is 5.30 Å². The number of carbonyl (C=O) groups is 1. The Balaban J connectivity index is 3.38. The molecule has 0 atom stereocenters. The predicted octanol–water partition coefficient (Wildman–Crippen LogP) is 4.20. The van der Waals surface area contributed by atoms with Crippen molar-refractivity contribution in [3.8, 4) is 0 Å². The maximum absolute atomic E-state index is 11.2. The summed E-state index contributed by atoms with van der Waals surface area (Å²) in [6.07, 6.45) is 0.988. The molecule has 1 aromatic carbocycles. The molecular formula is C15H23OP. The lowest BCUT2D eigenvalue weighted by Gasteiger charge is -2.42. The second-order valence-corrected chi connectivity index (χ2v) is 10.2. The van der Waals surface area contributed by atoms with Crippen LogP contribution in [0.5, 0.6) is 0 Å². The number of benzene rings is 1. The van der Waals surface area contributed by atoms with Crippen LogP contribution in [0.15, 0.2) is 24.3 Å². The molecule has 17 heavy (non-hydrogen) atoms. The van der Waals surface area contributed by atoms with E-state index in [0.29, 0.717) is 0 Å². The molecule has 0 amide bonds. The minimum absolute atomic E-state index is 0.201. The number of carbonyl (C=O) groups excluding carboxylic acids is 1. The topological polar surface area (TPSA) is 17.1 Å². The molecule has 0 heterocycles. The summed E-state index contributed by atoms with van der Waals surface area (Å²) in [5.74, 6) is 0. The van der Waals surface area contributed by atoms with Gasteiger partial charge in [-0.15, -0.1) is 0 Å². The lowest BCUT2D eigenvalue weighted by Crippen LogP contribution is -2.32. The van der Waals surface area contributed by atoms with Crippen molar-refractivity contribution in [3.05, 3.63) is 29.8 Å². The van der Waals surface area contributed by atoms with Gasteiger partial charge in [0, 0.05) is 5.56 Å². The van der Waals surface area contributed by atoms with Crippen LogP contribution in [0.4, 0.5) is 0 Å². The van der Waals surface area contributed by atoms with Gasteiger partial charge in [-0.1, -0.05) is 73.7 Å². The summed E-state index contributed by atoms with van der Waals surface area (Å²) < 4.78 is 0. The molecular weight excluding hydrogens is 227 g/mol. The highest BCUT2D eigenvalue weighted by Crippen LogP contribution is 2.58. The summed E-state index contributed by atoms with van der Waals surface area (Å²) in [5.41, 5.74) is 0.850. The first-order chi connectivity index (χ1) is 7.68. The Kier molecular flexibility index (Phi) is 4.15. The fraction of sp³-hybridized carbons (Fsp3) is 0.533. The van der Waals surface area contributed by atoms with Crippen molar-refractivity contribution in [1.29, 1.82) is 0 Å². The second kappa shape index (κ2) is 4.90. The van der Waals surface area contributed by atoms with E-state index in [1.165, 1.54) is 5.30 Å². The predicted molar refractivity (Wildman–Crippen MR) is 77.9 cm³/mol. The second-order valence-electron chi connectivity index (χ2n) is 6.35. The van der Waals surface area contributed by atoms with Gasteiger partial charge in [-0.05, 0) is 15.6 Å². The molecule has 0 saturated carbocycles. The smallest absolute Gasteiger partial charge is 0.150 e. The monoisotopic (exact) mass is 250 g/mol. The SMILES string of the molecule is CC(C)(C)P(c1ccccc1C=O)C(C)(C)C. The maximum Gasteiger partial charge on any atom is 0.150 e. The highest BCUT2D eigenvalue weighted by molar-refractivity contribution is 7.68. The Morgan fingerprint density at radius 1 is 0.941 bits per heavy atom. The van der Waals surface area contributed by atoms with E-state index in [4.69, 9.17) is 0 Å². The van der Waals surface area contributed by atoms with Gasteiger partial charge in [0.1, 0.15) is 0 Å². The van der Waals surface area contributed by atoms with E-state index in [0.717, 1.165) is 11.8 Å². The molecule has 2 heteroatoms. The zero-order valence-electron chi connectivity index (χ0n) is 11.7. The average molecular weight is 250 g/mol. The summed E-state index contributed by atoms with van der Waals surface area (Å²) in [4.78, 5) is 11.2. The Bertz CT molecular complexity index is 382. The van der Waals surface area contributed by atoms with Crippen molar-refractivity contribution in [2.24, 2.45) is 0 Å². The van der Waals surface area contributed by atoms with Gasteiger partial charge in [0.2, 0.25) is 0 Å². The van der Waals surface area contributed by atoms with Crippen molar-refractivity contribution in [1.82, 2.24) is 0 Å². The van der Waals surface area contributed by atoms with Crippen LogP contribution in [0.2, 0.25) is 0 Å². The first kappa shape index (κ1) is 14.4. The van der Waals surface area contributed by atoms with Crippen molar-refractivity contribution in [3.63, 3.8) is 0 Å². The van der Waals surface area contributed by atoms with Crippen LogP contribution in [0, 0.1) is 0 Å². The molecule has 0 saturated heterocycles. The Morgan fingerprint density at radius 2 is 1.41 bits per heavy atom. The standard InChI is InChI=1S/C15H23OP/c1-14(2,3)17(15(4,5)6)13-10-8-7-9-12(13)11-16/h7-11H,1-6H3. The Labute approximate surface area is 106 Å². The van der Waals surface area contributed by atoms with Gasteiger partial charge in [-0.3, -0.25) is 4.79 Å². The third-order valence-corrected chi connectivity index (χ3v) is 6.22. The number of hydrogen-bond donors (Lipinski definition) is 0. The average Bonchev–Trinajstić information content (AvgIpc) is 2.14. The highest BCUT2D eigenvalue weighted by atomic mass is 31.1. The van der Waals surface area contributed by atoms with Gasteiger partial charge in [0.15, 0.2) is 6.29 Å². The van der Waals surface area contributed by atoms with E-state index in [1.807, 2.05) is 18.2 Å². The van der Waals surface area contributed by atoms with Crippen molar-refractivity contribution in [2.45, 2.75) is 51.9 Å². The molecule has 0 aliphatic heterocycles. The first-order valence-corrected chi connectivity index (χ1v) is 7.36. The molecule has 0 aromatic heterocycles. The van der Waals surface area contributed by atoms with E-state index in [2.05, 4.69) is 47.6 Å². The third kappa shape index (κ3) is 3.39. The van der Waals surface area contributed by atoms with Gasteiger partial charge in [-0.2, -0.15) is 0 Å². The van der Waals surface area contributed by atoms with E-state index >= 15 is 0 Å². The minimum atomic E-state index is -0.396. The summed E-state index contributed by atoms with van der Waals surface area (Å²) in [5, 5.41) is 1.64. The van der Waals surface area contributed by atoms with Gasteiger partial charge in [-0.25, -0.2) is 0 Å². The first-order valence-electron chi connectivity index (χ1n) is 6.02. The van der Waals surface area contributed by atoms with Gasteiger partial charge in [0.25, 0.3) is 0 Å². The van der Waals surface area contributed by atoms with Gasteiger partial charge >= 0.3 is 0 Å². The van der Waals surface area contributed by atoms with E-state index in [9.17, 15) is 4.79 Å². The fourth-order valence-corrected chi connectivity index (χ4v) is 6.60. The van der Waals surface area contributed by atoms with Crippen LogP contribution >= 0.6 is 7.92 Å². The molecule has 0 spiro atoms. The summed E-state index contributed by atoms with van der Waals surface area (Å²) in [6, 6.07) is 8.02. The van der Waals surface area contributed by atoms with Crippen LogP contribution in [0.3, 0.4) is 0 Å². The number of aldehydes is 1. The minimum Gasteiger partial charge on any atom is -0.298 e. The fourth-order valence-electron chi connectivity index (χ4n) is 2.52. The zero-order valence-corrected chi connectivity index (χ0v) is 12.6. The van der Waals surface area contributed by atoms with Crippen LogP contribution in [-0.2, 0) is 0 Å². The number of rotatable bonds is 2. The van der Waals surface area contributed by atoms with Crippen LogP contribution in [-0.4, -0.2) is 16.6 Å². The maximum atomic E-state index is 11.2. The van der Waals surface area contributed by atoms with Crippen LogP contribution in [0.25, 0.3) is 0 Å². The summed E-state index contributed by atoms with van der Waals surface area (Å²) in [6.45, 7) is 13.6. The summed E-state index contributed by atoms with van der Waals surface area (Å²) in [7, 11) is -0.396. The molecule has 0 fully saturated rings. The number of hydrogen-bond acceptors (Lipinski definition) is 1. The quantitative estimate of drug-likeness (QED) is 0.568. The lowest BCUT2D eigenvalue weighted by molar-refractivity contribution is 0.112. The molecule has 1 rings (SSSR count). The Hall–Kier alpha value is -0.680.